The SMILES string of the molecule is C=CCOC(=O)[C@H](CCCC(=O)N[C@H]1CO[C@H]2[C@@H]1OC[C@@H]2NC(=O)OC(C)(C)C)NC(=O)OCC1c2ccccc2-c2ccccc21. The number of hydrogen-bond acceptors (Lipinski definition) is 9. The number of nitrogens with one attached hydrogen (secondary N) is 3. The van der Waals surface area contributed by atoms with Crippen LogP contribution in [0.4, 0.5) is 9.59 Å². The minimum Gasteiger partial charge on any atom is -0.460 e. The average molecular weight is 650 g/mol. The van der Waals surface area contributed by atoms with Gasteiger partial charge in [0.15, 0.2) is 0 Å². The van der Waals surface area contributed by atoms with Gasteiger partial charge in [0.25, 0.3) is 0 Å². The molecular formula is C35H43N3O9. The molecular weight excluding hydrogens is 606 g/mol. The fraction of sp³-hybridized carbons (Fsp3) is 0.486. The number of carbonyl (C=O) groups is 4. The van der Waals surface area contributed by atoms with Crippen molar-refractivity contribution in [1.29, 1.82) is 0 Å². The predicted molar refractivity (Wildman–Crippen MR) is 172 cm³/mol. The van der Waals surface area contributed by atoms with Gasteiger partial charge in [-0.15, -0.1) is 0 Å². The Labute approximate surface area is 274 Å². The van der Waals surface area contributed by atoms with E-state index in [2.05, 4.69) is 34.7 Å². The van der Waals surface area contributed by atoms with Gasteiger partial charge in [-0.1, -0.05) is 61.2 Å². The van der Waals surface area contributed by atoms with E-state index >= 15 is 0 Å². The molecule has 252 valence electrons. The van der Waals surface area contributed by atoms with Gasteiger partial charge in [-0.3, -0.25) is 4.79 Å². The van der Waals surface area contributed by atoms with E-state index in [9.17, 15) is 19.2 Å². The van der Waals surface area contributed by atoms with E-state index in [0.29, 0.717) is 0 Å². The molecule has 2 heterocycles. The first-order valence-corrected chi connectivity index (χ1v) is 15.9. The third kappa shape index (κ3) is 8.49. The summed E-state index contributed by atoms with van der Waals surface area (Å²) < 4.78 is 27.8. The van der Waals surface area contributed by atoms with Crippen LogP contribution in [0.5, 0.6) is 0 Å². The van der Waals surface area contributed by atoms with Crippen molar-refractivity contribution in [2.75, 3.05) is 26.4 Å². The third-order valence-corrected chi connectivity index (χ3v) is 8.26. The number of fused-ring (bicyclic) bond motifs is 4. The molecule has 1 aliphatic carbocycles. The van der Waals surface area contributed by atoms with E-state index in [4.69, 9.17) is 23.7 Å². The monoisotopic (exact) mass is 649 g/mol. The molecule has 12 nitrogen and oxygen atoms in total. The van der Waals surface area contributed by atoms with Crippen molar-refractivity contribution in [2.45, 2.75) is 81.9 Å². The second kappa shape index (κ2) is 15.0. The highest BCUT2D eigenvalue weighted by atomic mass is 16.6. The first kappa shape index (κ1) is 33.9. The third-order valence-electron chi connectivity index (χ3n) is 8.26. The number of esters is 1. The van der Waals surface area contributed by atoms with Crippen LogP contribution in [0.2, 0.25) is 0 Å². The number of amides is 3. The number of rotatable bonds is 12. The molecule has 2 fully saturated rings. The molecule has 2 saturated heterocycles. The summed E-state index contributed by atoms with van der Waals surface area (Å²) in [6.07, 6.45) is -0.187. The largest absolute Gasteiger partial charge is 0.460 e. The number of hydrogen-bond donors (Lipinski definition) is 3. The van der Waals surface area contributed by atoms with Gasteiger partial charge in [-0.05, 0) is 55.9 Å². The summed E-state index contributed by atoms with van der Waals surface area (Å²) in [5, 5.41) is 8.34. The molecule has 47 heavy (non-hydrogen) atoms. The number of ether oxygens (including phenoxy) is 5. The normalized spacial score (nSPS) is 21.9. The molecule has 12 heteroatoms. The van der Waals surface area contributed by atoms with E-state index in [-0.39, 0.29) is 57.5 Å². The summed E-state index contributed by atoms with van der Waals surface area (Å²) in [4.78, 5) is 50.7. The van der Waals surface area contributed by atoms with Gasteiger partial charge in [0.1, 0.15) is 37.1 Å². The molecule has 3 N–H and O–H groups in total. The standard InChI is InChI=1S/C35H43N3O9/c1-5-17-43-32(40)26(37-33(41)46-18-25-23-13-8-6-11-21(23)22-12-7-9-14-24(22)25)15-10-16-29(39)36-27-19-44-31-28(20-45-30(27)31)38-34(42)47-35(2,3)4/h5-9,11-14,25-28,30-31H,1,10,15-20H2,2-4H3,(H,36,39)(H,37,41)(H,38,42)/t26-,27-,28-,30+,31+/m0/s1. The van der Waals surface area contributed by atoms with Crippen LogP contribution in [0.1, 0.15) is 57.1 Å². The van der Waals surface area contributed by atoms with Gasteiger partial charge in [0.2, 0.25) is 5.91 Å². The van der Waals surface area contributed by atoms with Gasteiger partial charge >= 0.3 is 18.2 Å². The van der Waals surface area contributed by atoms with E-state index in [1.807, 2.05) is 36.4 Å². The molecule has 0 saturated carbocycles. The van der Waals surface area contributed by atoms with Gasteiger partial charge in [-0.2, -0.15) is 0 Å². The molecule has 0 bridgehead atoms. The topological polar surface area (TPSA) is 151 Å². The summed E-state index contributed by atoms with van der Waals surface area (Å²) in [7, 11) is 0. The average Bonchev–Trinajstić information content (AvgIpc) is 3.71. The van der Waals surface area contributed by atoms with Crippen molar-refractivity contribution >= 4 is 24.1 Å². The minimum absolute atomic E-state index is 0.0177. The lowest BCUT2D eigenvalue weighted by atomic mass is 9.98. The second-order valence-corrected chi connectivity index (χ2v) is 12.9. The van der Waals surface area contributed by atoms with Crippen LogP contribution in [0.3, 0.4) is 0 Å². The summed E-state index contributed by atoms with van der Waals surface area (Å²) >= 11 is 0. The van der Waals surface area contributed by atoms with Gasteiger partial charge in [-0.25, -0.2) is 14.4 Å². The van der Waals surface area contributed by atoms with Crippen molar-refractivity contribution in [3.8, 4) is 11.1 Å². The molecule has 2 aromatic carbocycles. The fourth-order valence-electron chi connectivity index (χ4n) is 6.22. The zero-order chi connectivity index (χ0) is 33.6. The molecule has 0 radical (unpaired) electrons. The Morgan fingerprint density at radius 3 is 2.09 bits per heavy atom. The van der Waals surface area contributed by atoms with Crippen molar-refractivity contribution in [3.63, 3.8) is 0 Å². The molecule has 2 aliphatic heterocycles. The van der Waals surface area contributed by atoms with Crippen molar-refractivity contribution in [3.05, 3.63) is 72.3 Å². The molecule has 5 atom stereocenters. The van der Waals surface area contributed by atoms with Crippen LogP contribution in [0, 0.1) is 0 Å². The first-order chi connectivity index (χ1) is 22.5. The zero-order valence-corrected chi connectivity index (χ0v) is 27.0. The van der Waals surface area contributed by atoms with Gasteiger partial charge in [0, 0.05) is 12.3 Å². The zero-order valence-electron chi connectivity index (χ0n) is 27.0. The Bertz CT molecular complexity index is 1430. The fourth-order valence-corrected chi connectivity index (χ4v) is 6.22. The van der Waals surface area contributed by atoms with Crippen LogP contribution >= 0.6 is 0 Å². The minimum atomic E-state index is -1.02. The lowest BCUT2D eigenvalue weighted by molar-refractivity contribution is -0.145. The predicted octanol–water partition coefficient (Wildman–Crippen LogP) is 3.97. The van der Waals surface area contributed by atoms with E-state index in [1.54, 1.807) is 20.8 Å². The quantitative estimate of drug-likeness (QED) is 0.176. The van der Waals surface area contributed by atoms with Crippen LogP contribution in [-0.4, -0.2) is 86.4 Å². The van der Waals surface area contributed by atoms with Crippen LogP contribution in [0.15, 0.2) is 61.2 Å². The maximum atomic E-state index is 12.9. The highest BCUT2D eigenvalue weighted by molar-refractivity contribution is 5.82. The molecule has 3 aliphatic rings. The molecule has 0 unspecified atom stereocenters. The molecule has 2 aromatic rings. The first-order valence-electron chi connectivity index (χ1n) is 15.9. The van der Waals surface area contributed by atoms with E-state index in [0.717, 1.165) is 22.3 Å². The summed E-state index contributed by atoms with van der Waals surface area (Å²) in [5.74, 6) is -1.03. The van der Waals surface area contributed by atoms with Gasteiger partial charge < -0.3 is 39.6 Å². The molecule has 0 spiro atoms. The van der Waals surface area contributed by atoms with Crippen LogP contribution in [-0.2, 0) is 33.3 Å². The Hall–Kier alpha value is -4.42. The summed E-state index contributed by atoms with van der Waals surface area (Å²) in [6.45, 7) is 9.44. The lowest BCUT2D eigenvalue weighted by Crippen LogP contribution is -2.47. The van der Waals surface area contributed by atoms with E-state index in [1.165, 1.54) is 6.08 Å². The summed E-state index contributed by atoms with van der Waals surface area (Å²) in [5.41, 5.74) is 3.73. The Balaban J connectivity index is 1.09. The van der Waals surface area contributed by atoms with Crippen molar-refractivity contribution < 1.29 is 42.9 Å². The smallest absolute Gasteiger partial charge is 0.408 e. The Kier molecular flexibility index (Phi) is 10.8. The number of alkyl carbamates (subject to hydrolysis) is 2. The van der Waals surface area contributed by atoms with Crippen molar-refractivity contribution in [1.82, 2.24) is 16.0 Å². The van der Waals surface area contributed by atoms with Crippen molar-refractivity contribution in [2.24, 2.45) is 0 Å². The highest BCUT2D eigenvalue weighted by Gasteiger charge is 2.49. The Morgan fingerprint density at radius 1 is 0.894 bits per heavy atom. The molecule has 0 aromatic heterocycles. The maximum Gasteiger partial charge on any atom is 0.408 e. The van der Waals surface area contributed by atoms with Gasteiger partial charge in [0.05, 0.1) is 25.3 Å². The van der Waals surface area contributed by atoms with Crippen LogP contribution < -0.4 is 16.0 Å². The summed E-state index contributed by atoms with van der Waals surface area (Å²) in [6, 6.07) is 14.2. The number of carbonyl (C=O) groups excluding carboxylic acids is 4. The Morgan fingerprint density at radius 2 is 1.49 bits per heavy atom. The lowest BCUT2D eigenvalue weighted by Gasteiger charge is -2.23. The molecule has 5 rings (SSSR count). The number of benzene rings is 2. The maximum absolute atomic E-state index is 12.9. The van der Waals surface area contributed by atoms with Crippen LogP contribution in [0.25, 0.3) is 11.1 Å². The van der Waals surface area contributed by atoms with E-state index < -0.39 is 54.1 Å². The molecule has 3 amide bonds. The highest BCUT2D eigenvalue weighted by Crippen LogP contribution is 2.44. The second-order valence-electron chi connectivity index (χ2n) is 12.9.